The molecule has 9 heteroatoms. The molecule has 0 unspecified atom stereocenters. The summed E-state index contributed by atoms with van der Waals surface area (Å²) in [6.45, 7) is 4.17. The van der Waals surface area contributed by atoms with Crippen molar-refractivity contribution in [2.24, 2.45) is 33.7 Å². The zero-order valence-corrected chi connectivity index (χ0v) is 22.1. The fraction of sp³-hybridized carbons (Fsp3) is 0.690. The van der Waals surface area contributed by atoms with E-state index >= 15 is 0 Å². The monoisotopic (exact) mass is 526 g/mol. The van der Waals surface area contributed by atoms with Gasteiger partial charge in [0.05, 0.1) is 29.1 Å². The van der Waals surface area contributed by atoms with Gasteiger partial charge in [-0.05, 0) is 87.7 Å². The third-order valence-electron chi connectivity index (χ3n) is 11.2. The van der Waals surface area contributed by atoms with E-state index in [1.165, 1.54) is 6.26 Å². The van der Waals surface area contributed by atoms with Crippen molar-refractivity contribution in [1.29, 1.82) is 0 Å². The van der Waals surface area contributed by atoms with Gasteiger partial charge in [0.15, 0.2) is 0 Å². The first-order valence-corrected chi connectivity index (χ1v) is 13.9. The quantitative estimate of drug-likeness (QED) is 0.268. The molecule has 38 heavy (non-hydrogen) atoms. The molecule has 5 aliphatic rings. The fourth-order valence-electron chi connectivity index (χ4n) is 9.25. The number of amides is 1. The lowest BCUT2D eigenvalue weighted by Crippen LogP contribution is -2.68. The van der Waals surface area contributed by atoms with Crippen LogP contribution in [0.3, 0.4) is 0 Å². The Morgan fingerprint density at radius 3 is 2.63 bits per heavy atom. The van der Waals surface area contributed by atoms with Crippen LogP contribution in [0, 0.1) is 35.5 Å². The van der Waals surface area contributed by atoms with Crippen molar-refractivity contribution in [3.63, 3.8) is 0 Å². The summed E-state index contributed by atoms with van der Waals surface area (Å²) in [6.07, 6.45) is 9.53. The number of hydrogen-bond acceptors (Lipinski definition) is 8. The Hall–Kier alpha value is -2.49. The Bertz CT molecular complexity index is 1210. The smallest absolute Gasteiger partial charge is 0.331 e. The molecule has 8 atom stereocenters. The molecule has 1 aromatic rings. The first-order valence-electron chi connectivity index (χ1n) is 13.9. The number of aryl methyl sites for hydroxylation is 1. The average Bonchev–Trinajstić information content (AvgIpc) is 3.56. The molecule has 1 aliphatic heterocycles. The number of hydrazone groups is 1. The first-order chi connectivity index (χ1) is 18.0. The SMILES string of the molecule is Cc1occc1C(=O)N/N=C\[C@]12CC[C@@H](O)C[C@]1(O)CC[C@@H]1[C@@H]2CC[C@]2(C)[C@H](C3=CC(=O)OC3)CC[C@@]12O. The highest BCUT2D eigenvalue weighted by Crippen LogP contribution is 2.70. The number of nitrogens with one attached hydrogen (secondary N) is 1. The third-order valence-corrected chi connectivity index (χ3v) is 11.2. The van der Waals surface area contributed by atoms with Crippen molar-refractivity contribution in [2.75, 3.05) is 6.61 Å². The summed E-state index contributed by atoms with van der Waals surface area (Å²) < 4.78 is 10.5. The molecule has 0 bridgehead atoms. The van der Waals surface area contributed by atoms with E-state index < -0.39 is 28.1 Å². The van der Waals surface area contributed by atoms with Crippen LogP contribution in [0.1, 0.15) is 80.8 Å². The topological polar surface area (TPSA) is 142 Å². The van der Waals surface area contributed by atoms with Crippen molar-refractivity contribution < 1.29 is 34.1 Å². The van der Waals surface area contributed by atoms with Gasteiger partial charge in [0.25, 0.3) is 5.91 Å². The van der Waals surface area contributed by atoms with Gasteiger partial charge in [0, 0.05) is 29.5 Å². The van der Waals surface area contributed by atoms with Gasteiger partial charge >= 0.3 is 5.97 Å². The lowest BCUT2D eigenvalue weighted by atomic mass is 9.41. The van der Waals surface area contributed by atoms with Gasteiger partial charge in [-0.25, -0.2) is 10.2 Å². The largest absolute Gasteiger partial charge is 0.469 e. The second-order valence-electron chi connectivity index (χ2n) is 12.6. The van der Waals surface area contributed by atoms with Crippen LogP contribution in [0.15, 0.2) is 33.5 Å². The van der Waals surface area contributed by atoms with Crippen LogP contribution >= 0.6 is 0 Å². The summed E-state index contributed by atoms with van der Waals surface area (Å²) in [5, 5.41) is 39.4. The maximum absolute atomic E-state index is 12.7. The standard InChI is InChI=1S/C29H38N2O7/c1-17-20(7-12-37-17)25(34)31-30-16-27-9-3-19(32)14-28(27,35)10-5-23-22(27)4-8-26(2)21(6-11-29(23,26)36)18-13-24(33)38-15-18/h7,12-13,16,19,21-23,32,35-36H,3-6,8-11,14-15H2,1-2H3,(H,31,34)/b30-16-/t19-,21+,22+,23-,26-,27+,28-,29-/m1/s1. The summed E-state index contributed by atoms with van der Waals surface area (Å²) in [5.41, 5.74) is 0.682. The fourth-order valence-corrected chi connectivity index (χ4v) is 9.25. The summed E-state index contributed by atoms with van der Waals surface area (Å²) in [6, 6.07) is 1.59. The van der Waals surface area contributed by atoms with Crippen LogP contribution in [0.5, 0.6) is 0 Å². The number of ether oxygens (including phenoxy) is 1. The highest BCUT2D eigenvalue weighted by atomic mass is 16.5. The van der Waals surface area contributed by atoms with Crippen LogP contribution in [-0.4, -0.2) is 57.3 Å². The van der Waals surface area contributed by atoms with Gasteiger partial charge in [0.1, 0.15) is 12.4 Å². The van der Waals surface area contributed by atoms with Crippen LogP contribution in [-0.2, 0) is 9.53 Å². The molecule has 4 fully saturated rings. The van der Waals surface area contributed by atoms with Gasteiger partial charge in [0.2, 0.25) is 0 Å². The number of carbonyl (C=O) groups is 2. The van der Waals surface area contributed by atoms with E-state index in [2.05, 4.69) is 17.5 Å². The highest BCUT2D eigenvalue weighted by Gasteiger charge is 2.71. The Morgan fingerprint density at radius 1 is 1.13 bits per heavy atom. The van der Waals surface area contributed by atoms with Crippen LogP contribution in [0.2, 0.25) is 0 Å². The molecular weight excluding hydrogens is 488 g/mol. The second kappa shape index (κ2) is 8.76. The molecule has 6 rings (SSSR count). The minimum atomic E-state index is -1.18. The van der Waals surface area contributed by atoms with E-state index in [4.69, 9.17) is 9.15 Å². The second-order valence-corrected chi connectivity index (χ2v) is 12.6. The normalized spacial score (nSPS) is 44.2. The number of nitrogens with zero attached hydrogens (tertiary/aromatic N) is 1. The highest BCUT2D eigenvalue weighted by molar-refractivity contribution is 5.95. The molecule has 0 radical (unpaired) electrons. The predicted octanol–water partition coefficient (Wildman–Crippen LogP) is 3.02. The minimum absolute atomic E-state index is 0.0580. The molecule has 0 spiro atoms. The molecule has 0 saturated heterocycles. The number of cyclic esters (lactones) is 1. The number of carbonyl (C=O) groups excluding carboxylic acids is 2. The Kier molecular flexibility index (Phi) is 5.94. The lowest BCUT2D eigenvalue weighted by Gasteiger charge is -2.65. The van der Waals surface area contributed by atoms with E-state index in [9.17, 15) is 24.9 Å². The molecule has 1 amide bonds. The predicted molar refractivity (Wildman–Crippen MR) is 137 cm³/mol. The number of esters is 1. The van der Waals surface area contributed by atoms with Crippen molar-refractivity contribution in [3.8, 4) is 0 Å². The van der Waals surface area contributed by atoms with Gasteiger partial charge in [-0.1, -0.05) is 6.92 Å². The Labute approximate surface area is 222 Å². The molecular formula is C29H38N2O7. The Balaban J connectivity index is 1.33. The lowest BCUT2D eigenvalue weighted by molar-refractivity contribution is -0.237. The van der Waals surface area contributed by atoms with Gasteiger partial charge in [-0.3, -0.25) is 4.79 Å². The molecule has 2 heterocycles. The molecule has 4 saturated carbocycles. The van der Waals surface area contributed by atoms with Crippen molar-refractivity contribution in [2.45, 2.75) is 88.9 Å². The van der Waals surface area contributed by atoms with Gasteiger partial charge in [-0.2, -0.15) is 5.10 Å². The molecule has 4 N–H and O–H groups in total. The van der Waals surface area contributed by atoms with E-state index in [1.54, 1.807) is 25.3 Å². The Morgan fingerprint density at radius 2 is 1.92 bits per heavy atom. The minimum Gasteiger partial charge on any atom is -0.469 e. The zero-order valence-electron chi connectivity index (χ0n) is 22.1. The number of fused-ring (bicyclic) bond motifs is 5. The van der Waals surface area contributed by atoms with Crippen LogP contribution in [0.25, 0.3) is 0 Å². The van der Waals surface area contributed by atoms with Crippen LogP contribution < -0.4 is 5.43 Å². The van der Waals surface area contributed by atoms with E-state index in [0.29, 0.717) is 50.0 Å². The zero-order chi connectivity index (χ0) is 26.9. The third kappa shape index (κ3) is 3.51. The number of furan rings is 1. The van der Waals surface area contributed by atoms with E-state index in [-0.39, 0.29) is 36.1 Å². The number of aliphatic hydroxyl groups is 3. The van der Waals surface area contributed by atoms with Gasteiger partial charge < -0.3 is 24.5 Å². The molecule has 206 valence electrons. The summed E-state index contributed by atoms with van der Waals surface area (Å²) >= 11 is 0. The average molecular weight is 527 g/mol. The maximum atomic E-state index is 12.7. The van der Waals surface area contributed by atoms with E-state index in [0.717, 1.165) is 24.8 Å². The van der Waals surface area contributed by atoms with Crippen LogP contribution in [0.4, 0.5) is 0 Å². The van der Waals surface area contributed by atoms with Crippen molar-refractivity contribution >= 4 is 18.1 Å². The van der Waals surface area contributed by atoms with Crippen molar-refractivity contribution in [1.82, 2.24) is 5.43 Å². The summed E-state index contributed by atoms with van der Waals surface area (Å²) in [4.78, 5) is 24.5. The van der Waals surface area contributed by atoms with E-state index in [1.807, 2.05) is 0 Å². The first kappa shape index (κ1) is 25.8. The van der Waals surface area contributed by atoms with Crippen molar-refractivity contribution in [3.05, 3.63) is 35.3 Å². The number of hydrogen-bond donors (Lipinski definition) is 4. The summed E-state index contributed by atoms with van der Waals surface area (Å²) in [7, 11) is 0. The molecule has 0 aromatic carbocycles. The molecule has 1 aromatic heterocycles. The summed E-state index contributed by atoms with van der Waals surface area (Å²) in [5.74, 6) is -0.239. The van der Waals surface area contributed by atoms with Gasteiger partial charge in [-0.15, -0.1) is 0 Å². The molecule has 9 nitrogen and oxygen atoms in total. The number of aliphatic hydroxyl groups excluding tert-OH is 1. The number of rotatable bonds is 4. The molecule has 4 aliphatic carbocycles. The maximum Gasteiger partial charge on any atom is 0.331 e.